The SMILES string of the molecule is COCCNC(=O)CN1CCN(c2ccc(F)cc2)CC1. The van der Waals surface area contributed by atoms with Crippen molar-refractivity contribution < 1.29 is 13.9 Å². The van der Waals surface area contributed by atoms with E-state index in [0.717, 1.165) is 31.9 Å². The number of hydrogen-bond acceptors (Lipinski definition) is 4. The van der Waals surface area contributed by atoms with Crippen molar-refractivity contribution in [2.24, 2.45) is 0 Å². The number of amides is 1. The average Bonchev–Trinajstić information content (AvgIpc) is 2.49. The Morgan fingerprint density at radius 3 is 2.52 bits per heavy atom. The Hall–Kier alpha value is -1.66. The van der Waals surface area contributed by atoms with Gasteiger partial charge in [-0.2, -0.15) is 0 Å². The highest BCUT2D eigenvalue weighted by Crippen LogP contribution is 2.16. The molecular weight excluding hydrogens is 273 g/mol. The van der Waals surface area contributed by atoms with Gasteiger partial charge in [-0.3, -0.25) is 9.69 Å². The second-order valence-electron chi connectivity index (χ2n) is 5.08. The van der Waals surface area contributed by atoms with Crippen LogP contribution >= 0.6 is 0 Å². The third kappa shape index (κ3) is 4.99. The molecule has 1 heterocycles. The molecule has 0 aromatic heterocycles. The Bertz CT molecular complexity index is 445. The van der Waals surface area contributed by atoms with E-state index in [0.29, 0.717) is 19.7 Å². The van der Waals surface area contributed by atoms with Crippen LogP contribution in [0, 0.1) is 5.82 Å². The van der Waals surface area contributed by atoms with Crippen LogP contribution in [-0.4, -0.2) is 63.8 Å². The van der Waals surface area contributed by atoms with Gasteiger partial charge in [0, 0.05) is 45.5 Å². The summed E-state index contributed by atoms with van der Waals surface area (Å²) in [6.07, 6.45) is 0. The summed E-state index contributed by atoms with van der Waals surface area (Å²) < 4.78 is 17.8. The van der Waals surface area contributed by atoms with Gasteiger partial charge in [0.25, 0.3) is 0 Å². The lowest BCUT2D eigenvalue weighted by molar-refractivity contribution is -0.122. The first-order valence-electron chi connectivity index (χ1n) is 7.17. The summed E-state index contributed by atoms with van der Waals surface area (Å²) in [5.41, 5.74) is 1.03. The molecule has 0 spiro atoms. The van der Waals surface area contributed by atoms with Crippen molar-refractivity contribution in [1.29, 1.82) is 0 Å². The summed E-state index contributed by atoms with van der Waals surface area (Å²) in [6, 6.07) is 6.54. The van der Waals surface area contributed by atoms with Crippen LogP contribution in [0.25, 0.3) is 0 Å². The molecule has 21 heavy (non-hydrogen) atoms. The van der Waals surface area contributed by atoms with Crippen molar-refractivity contribution in [3.8, 4) is 0 Å². The monoisotopic (exact) mass is 295 g/mol. The Labute approximate surface area is 124 Å². The fourth-order valence-corrected chi connectivity index (χ4v) is 2.37. The minimum absolute atomic E-state index is 0.0299. The third-order valence-electron chi connectivity index (χ3n) is 3.56. The van der Waals surface area contributed by atoms with E-state index < -0.39 is 0 Å². The minimum Gasteiger partial charge on any atom is -0.383 e. The standard InChI is InChI=1S/C15H22FN3O2/c1-21-11-6-17-15(20)12-18-7-9-19(10-8-18)14-4-2-13(16)3-5-14/h2-5H,6-12H2,1H3,(H,17,20). The van der Waals surface area contributed by atoms with Crippen molar-refractivity contribution in [3.05, 3.63) is 30.1 Å². The van der Waals surface area contributed by atoms with Crippen LogP contribution in [0.5, 0.6) is 0 Å². The molecule has 1 aliphatic rings. The molecule has 1 N–H and O–H groups in total. The van der Waals surface area contributed by atoms with Gasteiger partial charge in [0.2, 0.25) is 5.91 Å². The lowest BCUT2D eigenvalue weighted by Gasteiger charge is -2.35. The second kappa shape index (κ2) is 7.95. The zero-order valence-corrected chi connectivity index (χ0v) is 12.3. The summed E-state index contributed by atoms with van der Waals surface area (Å²) in [7, 11) is 1.61. The molecule has 6 heteroatoms. The highest BCUT2D eigenvalue weighted by Gasteiger charge is 2.18. The van der Waals surface area contributed by atoms with E-state index in [1.807, 2.05) is 0 Å². The number of rotatable bonds is 6. The normalized spacial score (nSPS) is 16.0. The summed E-state index contributed by atoms with van der Waals surface area (Å²) in [5, 5.41) is 2.82. The molecule has 116 valence electrons. The topological polar surface area (TPSA) is 44.8 Å². The molecule has 0 saturated carbocycles. The molecule has 5 nitrogen and oxygen atoms in total. The summed E-state index contributed by atoms with van der Waals surface area (Å²) >= 11 is 0. The van der Waals surface area contributed by atoms with Crippen LogP contribution in [0.4, 0.5) is 10.1 Å². The first-order valence-corrected chi connectivity index (χ1v) is 7.17. The molecule has 0 unspecified atom stereocenters. The van der Waals surface area contributed by atoms with Crippen molar-refractivity contribution in [2.75, 3.05) is 57.9 Å². The fraction of sp³-hybridized carbons (Fsp3) is 0.533. The van der Waals surface area contributed by atoms with Gasteiger partial charge >= 0.3 is 0 Å². The number of carbonyl (C=O) groups excluding carboxylic acids is 1. The van der Waals surface area contributed by atoms with E-state index in [1.165, 1.54) is 12.1 Å². The molecule has 0 aliphatic carbocycles. The van der Waals surface area contributed by atoms with Crippen molar-refractivity contribution >= 4 is 11.6 Å². The maximum Gasteiger partial charge on any atom is 0.234 e. The van der Waals surface area contributed by atoms with Gasteiger partial charge in [0.1, 0.15) is 5.82 Å². The number of carbonyl (C=O) groups is 1. The van der Waals surface area contributed by atoms with E-state index in [1.54, 1.807) is 19.2 Å². The smallest absolute Gasteiger partial charge is 0.234 e. The lowest BCUT2D eigenvalue weighted by atomic mass is 10.2. The number of methoxy groups -OCH3 is 1. The maximum absolute atomic E-state index is 12.9. The number of halogens is 1. The first kappa shape index (κ1) is 15.7. The average molecular weight is 295 g/mol. The number of hydrogen-bond donors (Lipinski definition) is 1. The molecule has 2 rings (SSSR count). The highest BCUT2D eigenvalue weighted by atomic mass is 19.1. The lowest BCUT2D eigenvalue weighted by Crippen LogP contribution is -2.49. The van der Waals surface area contributed by atoms with Gasteiger partial charge in [-0.1, -0.05) is 0 Å². The second-order valence-corrected chi connectivity index (χ2v) is 5.08. The Balaban J connectivity index is 1.73. The third-order valence-corrected chi connectivity index (χ3v) is 3.56. The molecule has 1 fully saturated rings. The van der Waals surface area contributed by atoms with Crippen molar-refractivity contribution in [3.63, 3.8) is 0 Å². The molecule has 1 aromatic carbocycles. The van der Waals surface area contributed by atoms with Crippen molar-refractivity contribution in [2.45, 2.75) is 0 Å². The summed E-state index contributed by atoms with van der Waals surface area (Å²) in [4.78, 5) is 16.0. The van der Waals surface area contributed by atoms with Gasteiger partial charge in [-0.05, 0) is 24.3 Å². The van der Waals surface area contributed by atoms with E-state index >= 15 is 0 Å². The molecule has 0 bridgehead atoms. The van der Waals surface area contributed by atoms with Gasteiger partial charge in [-0.25, -0.2) is 4.39 Å². The predicted octanol–water partition coefficient (Wildman–Crippen LogP) is 0.710. The molecule has 1 saturated heterocycles. The molecule has 0 atom stereocenters. The van der Waals surface area contributed by atoms with Crippen LogP contribution < -0.4 is 10.2 Å². The number of anilines is 1. The van der Waals surface area contributed by atoms with Crippen LogP contribution in [0.3, 0.4) is 0 Å². The molecule has 1 aromatic rings. The fourth-order valence-electron chi connectivity index (χ4n) is 2.37. The zero-order chi connectivity index (χ0) is 15.1. The van der Waals surface area contributed by atoms with Crippen molar-refractivity contribution in [1.82, 2.24) is 10.2 Å². The number of nitrogens with one attached hydrogen (secondary N) is 1. The Morgan fingerprint density at radius 1 is 1.24 bits per heavy atom. The number of nitrogens with zero attached hydrogens (tertiary/aromatic N) is 2. The number of piperazine rings is 1. The van der Waals surface area contributed by atoms with Crippen LogP contribution in [-0.2, 0) is 9.53 Å². The minimum atomic E-state index is -0.217. The van der Waals surface area contributed by atoms with Crippen LogP contribution in [0.15, 0.2) is 24.3 Å². The largest absolute Gasteiger partial charge is 0.383 e. The van der Waals surface area contributed by atoms with Gasteiger partial charge in [0.05, 0.1) is 13.2 Å². The van der Waals surface area contributed by atoms with Crippen LogP contribution in [0.1, 0.15) is 0 Å². The van der Waals surface area contributed by atoms with Gasteiger partial charge in [-0.15, -0.1) is 0 Å². The number of benzene rings is 1. The highest BCUT2D eigenvalue weighted by molar-refractivity contribution is 5.78. The predicted molar refractivity (Wildman–Crippen MR) is 79.9 cm³/mol. The van der Waals surface area contributed by atoms with Gasteiger partial charge < -0.3 is 15.0 Å². The maximum atomic E-state index is 12.9. The van der Waals surface area contributed by atoms with E-state index in [9.17, 15) is 9.18 Å². The quantitative estimate of drug-likeness (QED) is 0.785. The zero-order valence-electron chi connectivity index (χ0n) is 12.3. The van der Waals surface area contributed by atoms with Crippen LogP contribution in [0.2, 0.25) is 0 Å². The van der Waals surface area contributed by atoms with Gasteiger partial charge in [0.15, 0.2) is 0 Å². The van der Waals surface area contributed by atoms with E-state index in [-0.39, 0.29) is 11.7 Å². The molecule has 0 radical (unpaired) electrons. The van der Waals surface area contributed by atoms with E-state index in [4.69, 9.17) is 4.74 Å². The summed E-state index contributed by atoms with van der Waals surface area (Å²) in [6.45, 7) is 4.84. The summed E-state index contributed by atoms with van der Waals surface area (Å²) in [5.74, 6) is -0.188. The Morgan fingerprint density at radius 2 is 1.90 bits per heavy atom. The first-order chi connectivity index (χ1) is 10.2. The van der Waals surface area contributed by atoms with E-state index in [2.05, 4.69) is 15.1 Å². The molecule has 1 amide bonds. The molecule has 1 aliphatic heterocycles. The number of ether oxygens (including phenoxy) is 1. The Kier molecular flexibility index (Phi) is 5.95. The molecular formula is C15H22FN3O2.